The summed E-state index contributed by atoms with van der Waals surface area (Å²) in [5.41, 5.74) is 1.93. The lowest BCUT2D eigenvalue weighted by atomic mass is 10.1. The molecule has 0 atom stereocenters. The molecule has 0 aliphatic heterocycles. The van der Waals surface area contributed by atoms with Crippen LogP contribution in [0.25, 0.3) is 0 Å². The van der Waals surface area contributed by atoms with Gasteiger partial charge in [-0.15, -0.1) is 6.42 Å². The summed E-state index contributed by atoms with van der Waals surface area (Å²) >= 11 is 0. The van der Waals surface area contributed by atoms with Crippen LogP contribution >= 0.6 is 0 Å². The third-order valence-electron chi connectivity index (χ3n) is 3.08. The summed E-state index contributed by atoms with van der Waals surface area (Å²) < 4.78 is 5.01. The molecule has 2 rings (SSSR count). The SMILES string of the molecule is C#Cc1ccccc1N(/C=C/COC)C(=O)c1ccccc1. The number of benzene rings is 2. The van der Waals surface area contributed by atoms with Crippen molar-refractivity contribution in [3.05, 3.63) is 78.0 Å². The topological polar surface area (TPSA) is 29.5 Å². The van der Waals surface area contributed by atoms with Gasteiger partial charge in [0.05, 0.1) is 12.3 Å². The van der Waals surface area contributed by atoms with Gasteiger partial charge < -0.3 is 4.74 Å². The summed E-state index contributed by atoms with van der Waals surface area (Å²) in [6, 6.07) is 16.4. The normalized spacial score (nSPS) is 10.4. The highest BCUT2D eigenvalue weighted by Crippen LogP contribution is 2.22. The Bertz CT molecular complexity index is 699. The quantitative estimate of drug-likeness (QED) is 0.789. The molecule has 0 bridgehead atoms. The Morgan fingerprint density at radius 2 is 1.86 bits per heavy atom. The van der Waals surface area contributed by atoms with Crippen LogP contribution in [-0.2, 0) is 4.74 Å². The molecule has 3 heteroatoms. The Labute approximate surface area is 130 Å². The van der Waals surface area contributed by atoms with E-state index in [1.165, 1.54) is 0 Å². The van der Waals surface area contributed by atoms with Crippen molar-refractivity contribution in [2.24, 2.45) is 0 Å². The summed E-state index contributed by atoms with van der Waals surface area (Å²) in [5, 5.41) is 0. The van der Waals surface area contributed by atoms with Crippen molar-refractivity contribution in [3.8, 4) is 12.3 Å². The molecule has 0 aliphatic carbocycles. The molecule has 0 aromatic heterocycles. The largest absolute Gasteiger partial charge is 0.381 e. The fourth-order valence-corrected chi connectivity index (χ4v) is 2.03. The van der Waals surface area contributed by atoms with Gasteiger partial charge in [-0.25, -0.2) is 0 Å². The van der Waals surface area contributed by atoms with Crippen LogP contribution < -0.4 is 4.90 Å². The highest BCUT2D eigenvalue weighted by Gasteiger charge is 2.17. The van der Waals surface area contributed by atoms with E-state index in [0.29, 0.717) is 23.4 Å². The van der Waals surface area contributed by atoms with Gasteiger partial charge in [-0.2, -0.15) is 0 Å². The Morgan fingerprint density at radius 3 is 2.55 bits per heavy atom. The van der Waals surface area contributed by atoms with Crippen molar-refractivity contribution in [1.82, 2.24) is 0 Å². The van der Waals surface area contributed by atoms with Crippen LogP contribution in [0.4, 0.5) is 5.69 Å². The Balaban J connectivity index is 2.43. The minimum absolute atomic E-state index is 0.143. The first-order valence-electron chi connectivity index (χ1n) is 6.87. The van der Waals surface area contributed by atoms with Crippen molar-refractivity contribution >= 4 is 11.6 Å². The van der Waals surface area contributed by atoms with Crippen LogP contribution in [0, 0.1) is 12.3 Å². The maximum Gasteiger partial charge on any atom is 0.262 e. The number of hydrogen-bond donors (Lipinski definition) is 0. The van der Waals surface area contributed by atoms with Gasteiger partial charge in [-0.05, 0) is 30.3 Å². The maximum atomic E-state index is 12.8. The predicted molar refractivity (Wildman–Crippen MR) is 88.6 cm³/mol. The standard InChI is InChI=1S/C19H17NO2/c1-3-16-10-7-8-13-18(16)20(14-9-15-22-2)19(21)17-11-5-4-6-12-17/h1,4-14H,15H2,2H3/b14-9+. The fraction of sp³-hybridized carbons (Fsp3) is 0.105. The van der Waals surface area contributed by atoms with Gasteiger partial charge >= 0.3 is 0 Å². The molecular weight excluding hydrogens is 274 g/mol. The second kappa shape index (κ2) is 7.82. The molecule has 1 amide bonds. The molecule has 0 unspecified atom stereocenters. The third kappa shape index (κ3) is 3.63. The molecule has 0 radical (unpaired) electrons. The molecule has 2 aromatic rings. The zero-order chi connectivity index (χ0) is 15.8. The second-order valence-electron chi connectivity index (χ2n) is 4.54. The number of hydrogen-bond acceptors (Lipinski definition) is 2. The van der Waals surface area contributed by atoms with Crippen molar-refractivity contribution in [1.29, 1.82) is 0 Å². The minimum atomic E-state index is -0.143. The van der Waals surface area contributed by atoms with E-state index in [4.69, 9.17) is 11.2 Å². The molecule has 0 spiro atoms. The summed E-state index contributed by atoms with van der Waals surface area (Å²) in [6.07, 6.45) is 9.01. The van der Waals surface area contributed by atoms with E-state index < -0.39 is 0 Å². The van der Waals surface area contributed by atoms with Crippen LogP contribution in [0.15, 0.2) is 66.9 Å². The lowest BCUT2D eigenvalue weighted by molar-refractivity contribution is 0.0997. The lowest BCUT2D eigenvalue weighted by Gasteiger charge is -2.20. The van der Waals surface area contributed by atoms with Gasteiger partial charge in [0.2, 0.25) is 0 Å². The molecule has 2 aromatic carbocycles. The van der Waals surface area contributed by atoms with E-state index >= 15 is 0 Å². The van der Waals surface area contributed by atoms with Crippen molar-refractivity contribution in [2.45, 2.75) is 0 Å². The van der Waals surface area contributed by atoms with Crippen LogP contribution in [0.1, 0.15) is 15.9 Å². The Hall–Kier alpha value is -2.83. The highest BCUT2D eigenvalue weighted by molar-refractivity contribution is 6.08. The van der Waals surface area contributed by atoms with E-state index in [1.54, 1.807) is 36.4 Å². The number of amides is 1. The average molecular weight is 291 g/mol. The number of para-hydroxylation sites is 1. The lowest BCUT2D eigenvalue weighted by Crippen LogP contribution is -2.26. The van der Waals surface area contributed by atoms with Gasteiger partial charge in [-0.1, -0.05) is 36.3 Å². The number of methoxy groups -OCH3 is 1. The fourth-order valence-electron chi connectivity index (χ4n) is 2.03. The minimum Gasteiger partial charge on any atom is -0.381 e. The van der Waals surface area contributed by atoms with E-state index in [-0.39, 0.29) is 5.91 Å². The molecule has 3 nitrogen and oxygen atoms in total. The molecular formula is C19H17NO2. The van der Waals surface area contributed by atoms with Crippen LogP contribution in [0.3, 0.4) is 0 Å². The number of terminal acetylenes is 1. The van der Waals surface area contributed by atoms with Crippen LogP contribution in [0.5, 0.6) is 0 Å². The van der Waals surface area contributed by atoms with Gasteiger partial charge in [0.1, 0.15) is 0 Å². The van der Waals surface area contributed by atoms with E-state index in [2.05, 4.69) is 5.92 Å². The van der Waals surface area contributed by atoms with Crippen molar-refractivity contribution in [3.63, 3.8) is 0 Å². The molecule has 0 saturated carbocycles. The summed E-state index contributed by atoms with van der Waals surface area (Å²) in [4.78, 5) is 14.3. The second-order valence-corrected chi connectivity index (χ2v) is 4.54. The number of carbonyl (C=O) groups is 1. The molecule has 0 fully saturated rings. The number of rotatable bonds is 5. The molecule has 0 saturated heterocycles. The Morgan fingerprint density at radius 1 is 1.18 bits per heavy atom. The smallest absolute Gasteiger partial charge is 0.262 e. The Kier molecular flexibility index (Phi) is 5.53. The number of ether oxygens (including phenoxy) is 1. The summed E-state index contributed by atoms with van der Waals surface area (Å²) in [7, 11) is 1.60. The average Bonchev–Trinajstić information content (AvgIpc) is 2.59. The first-order valence-corrected chi connectivity index (χ1v) is 6.87. The third-order valence-corrected chi connectivity index (χ3v) is 3.08. The van der Waals surface area contributed by atoms with Gasteiger partial charge in [0.25, 0.3) is 5.91 Å². The molecule has 22 heavy (non-hydrogen) atoms. The predicted octanol–water partition coefficient (Wildman–Crippen LogP) is 3.47. The van der Waals surface area contributed by atoms with E-state index in [9.17, 15) is 4.79 Å². The number of carbonyl (C=O) groups excluding carboxylic acids is 1. The first-order chi connectivity index (χ1) is 10.8. The molecule has 0 heterocycles. The zero-order valence-corrected chi connectivity index (χ0v) is 12.4. The van der Waals surface area contributed by atoms with Crippen LogP contribution in [0.2, 0.25) is 0 Å². The van der Waals surface area contributed by atoms with Crippen molar-refractivity contribution < 1.29 is 9.53 Å². The summed E-state index contributed by atoms with van der Waals surface area (Å²) in [5.74, 6) is 2.47. The molecule has 110 valence electrons. The van der Waals surface area contributed by atoms with Gasteiger partial charge in [0, 0.05) is 24.4 Å². The van der Waals surface area contributed by atoms with Crippen molar-refractivity contribution in [2.75, 3.05) is 18.6 Å². The molecule has 0 N–H and O–H groups in total. The monoisotopic (exact) mass is 291 g/mol. The first kappa shape index (κ1) is 15.6. The van der Waals surface area contributed by atoms with Gasteiger partial charge in [-0.3, -0.25) is 9.69 Å². The number of anilines is 1. The highest BCUT2D eigenvalue weighted by atomic mass is 16.5. The molecule has 0 aliphatic rings. The summed E-state index contributed by atoms with van der Waals surface area (Å²) in [6.45, 7) is 0.413. The van der Waals surface area contributed by atoms with E-state index in [1.807, 2.05) is 42.5 Å². The number of nitrogens with zero attached hydrogens (tertiary/aromatic N) is 1. The van der Waals surface area contributed by atoms with E-state index in [0.717, 1.165) is 0 Å². The zero-order valence-electron chi connectivity index (χ0n) is 12.4. The van der Waals surface area contributed by atoms with Crippen LogP contribution in [-0.4, -0.2) is 19.6 Å². The van der Waals surface area contributed by atoms with Gasteiger partial charge in [0.15, 0.2) is 0 Å². The maximum absolute atomic E-state index is 12.8.